The summed E-state index contributed by atoms with van der Waals surface area (Å²) in [6.45, 7) is 13.2. The zero-order valence-corrected chi connectivity index (χ0v) is 20.9. The van der Waals surface area contributed by atoms with Gasteiger partial charge in [-0.2, -0.15) is 0 Å². The Kier molecular flexibility index (Phi) is 6.45. The van der Waals surface area contributed by atoms with E-state index in [1.54, 1.807) is 11.9 Å². The Morgan fingerprint density at radius 2 is 2.07 bits per heavy atom. The number of nitrogens with one attached hydrogen (secondary N) is 2. The van der Waals surface area contributed by atoms with Gasteiger partial charge in [-0.25, -0.2) is 0 Å². The number of amidine groups is 1. The molecule has 8 heteroatoms. The lowest BCUT2D eigenvalue weighted by Gasteiger charge is -2.40. The maximum Gasteiger partial charge on any atom is 0.262 e. The lowest BCUT2D eigenvalue weighted by molar-refractivity contribution is -0.131. The summed E-state index contributed by atoms with van der Waals surface area (Å²) in [5.41, 5.74) is 1.68. The summed E-state index contributed by atoms with van der Waals surface area (Å²) in [4.78, 5) is 15.3. The summed E-state index contributed by atoms with van der Waals surface area (Å²) in [6, 6.07) is 6.10. The van der Waals surface area contributed by atoms with Crippen molar-refractivity contribution in [3.63, 3.8) is 0 Å². The second-order valence-corrected chi connectivity index (χ2v) is 11.4. The van der Waals surface area contributed by atoms with Crippen molar-refractivity contribution >= 4 is 49.1 Å². The first-order valence-electron chi connectivity index (χ1n) is 10.4. The van der Waals surface area contributed by atoms with Crippen LogP contribution in [0.25, 0.3) is 0 Å². The number of anilines is 2. The standard InChI is InChI=1S/C22H33N4O2PS/c1-13(2)22(6)18(27)17(20(28)26(22)11-10-21(3,4)5)19-23-15-9-8-14(25-30-7)12-16(15)29-24-19/h8-9,12-13,25,27,29H,10-11H2,1-7H3,(H,23,24)/p+1. The largest absolute Gasteiger partial charge is 0.509 e. The Bertz CT molecular complexity index is 907. The van der Waals surface area contributed by atoms with Crippen LogP contribution in [-0.4, -0.2) is 40.1 Å². The predicted octanol–water partition coefficient (Wildman–Crippen LogP) is 4.66. The lowest BCUT2D eigenvalue weighted by Crippen LogP contribution is -2.50. The van der Waals surface area contributed by atoms with E-state index in [-0.39, 0.29) is 31.7 Å². The highest BCUT2D eigenvalue weighted by Crippen LogP contribution is 2.42. The number of aliphatic hydroxyl groups is 1. The molecule has 3 rings (SSSR count). The molecule has 0 aromatic heterocycles. The average Bonchev–Trinajstić information content (AvgIpc) is 2.86. The number of carbonyl (C=O) groups excluding carboxylic acids is 1. The van der Waals surface area contributed by atoms with Gasteiger partial charge in [0.25, 0.3) is 5.91 Å². The molecule has 0 radical (unpaired) electrons. The van der Waals surface area contributed by atoms with Gasteiger partial charge in [0.2, 0.25) is 0 Å². The Balaban J connectivity index is 1.93. The summed E-state index contributed by atoms with van der Waals surface area (Å²) in [5, 5.41) is 15.7. The minimum absolute atomic E-state index is 0.0721. The van der Waals surface area contributed by atoms with Crippen molar-refractivity contribution in [2.75, 3.05) is 22.8 Å². The fraction of sp³-hybridized carbons (Fsp3) is 0.545. The Morgan fingerprint density at radius 3 is 2.67 bits per heavy atom. The molecule has 1 aromatic carbocycles. The quantitative estimate of drug-likeness (QED) is 0.435. The van der Waals surface area contributed by atoms with E-state index in [4.69, 9.17) is 4.76 Å². The molecular weight excluding hydrogens is 415 g/mol. The molecule has 6 nitrogen and oxygen atoms in total. The molecule has 0 saturated carbocycles. The third kappa shape index (κ3) is 4.19. The van der Waals surface area contributed by atoms with Gasteiger partial charge >= 0.3 is 0 Å². The molecule has 0 bridgehead atoms. The van der Waals surface area contributed by atoms with Gasteiger partial charge < -0.3 is 20.0 Å². The van der Waals surface area contributed by atoms with Crippen molar-refractivity contribution in [2.45, 2.75) is 53.5 Å². The molecule has 2 aliphatic heterocycles. The number of hydrogen-bond donors (Lipinski definition) is 3. The first-order valence-corrected chi connectivity index (χ1v) is 12.7. The second-order valence-electron chi connectivity index (χ2n) is 9.63. The number of fused-ring (bicyclic) bond motifs is 1. The van der Waals surface area contributed by atoms with E-state index in [9.17, 15) is 9.90 Å². The lowest BCUT2D eigenvalue weighted by atomic mass is 9.84. The van der Waals surface area contributed by atoms with Crippen LogP contribution < -0.4 is 15.3 Å². The van der Waals surface area contributed by atoms with E-state index in [1.165, 1.54) is 0 Å². The topological polar surface area (TPSA) is 77.0 Å². The highest BCUT2D eigenvalue weighted by molar-refractivity contribution is 7.99. The van der Waals surface area contributed by atoms with E-state index >= 15 is 0 Å². The third-order valence-corrected chi connectivity index (χ3v) is 7.62. The number of amides is 1. The van der Waals surface area contributed by atoms with Crippen LogP contribution in [-0.2, 0) is 4.79 Å². The van der Waals surface area contributed by atoms with E-state index in [0.717, 1.165) is 23.1 Å². The minimum atomic E-state index is -0.733. The molecule has 1 amide bonds. The van der Waals surface area contributed by atoms with Crippen LogP contribution in [0.5, 0.6) is 0 Å². The molecule has 2 atom stereocenters. The fourth-order valence-electron chi connectivity index (χ4n) is 3.79. The predicted molar refractivity (Wildman–Crippen MR) is 133 cm³/mol. The van der Waals surface area contributed by atoms with Crippen LogP contribution in [0.1, 0.15) is 48.0 Å². The van der Waals surface area contributed by atoms with E-state index in [0.29, 0.717) is 18.0 Å². The maximum atomic E-state index is 13.5. The van der Waals surface area contributed by atoms with Gasteiger partial charge in [0, 0.05) is 24.6 Å². The van der Waals surface area contributed by atoms with Crippen LogP contribution in [0.2, 0.25) is 0 Å². The summed E-state index contributed by atoms with van der Waals surface area (Å²) in [7, 11) is -0.387. The van der Waals surface area contributed by atoms with Crippen LogP contribution in [0, 0.1) is 11.3 Å². The minimum Gasteiger partial charge on any atom is -0.509 e. The molecular formula is C22H34N4O2PS+. The second kappa shape index (κ2) is 8.43. The molecule has 3 N–H and O–H groups in total. The van der Waals surface area contributed by atoms with E-state index in [2.05, 4.69) is 36.9 Å². The fourth-order valence-corrected chi connectivity index (χ4v) is 5.18. The van der Waals surface area contributed by atoms with Crippen molar-refractivity contribution in [1.29, 1.82) is 0 Å². The van der Waals surface area contributed by atoms with E-state index in [1.807, 2.05) is 44.1 Å². The molecule has 2 unspecified atom stereocenters. The Morgan fingerprint density at radius 1 is 1.37 bits per heavy atom. The van der Waals surface area contributed by atoms with E-state index < -0.39 is 5.54 Å². The molecule has 0 aliphatic carbocycles. The maximum absolute atomic E-state index is 13.5. The number of rotatable bonds is 6. The van der Waals surface area contributed by atoms with Crippen LogP contribution in [0.15, 0.2) is 34.3 Å². The molecule has 2 aliphatic rings. The summed E-state index contributed by atoms with van der Waals surface area (Å²) in [6.07, 6.45) is 2.85. The average molecular weight is 450 g/mol. The first-order chi connectivity index (χ1) is 14.0. The Labute approximate surface area is 186 Å². The van der Waals surface area contributed by atoms with Crippen molar-refractivity contribution in [3.05, 3.63) is 29.5 Å². The monoisotopic (exact) mass is 449 g/mol. The smallest absolute Gasteiger partial charge is 0.262 e. The summed E-state index contributed by atoms with van der Waals surface area (Å²) < 4.78 is 7.95. The van der Waals surface area contributed by atoms with Gasteiger partial charge in [-0.05, 0) is 36.8 Å². The van der Waals surface area contributed by atoms with Gasteiger partial charge in [-0.3, -0.25) is 4.79 Å². The van der Waals surface area contributed by atoms with Crippen molar-refractivity contribution in [1.82, 2.24) is 4.90 Å². The van der Waals surface area contributed by atoms with Crippen molar-refractivity contribution < 1.29 is 9.90 Å². The summed E-state index contributed by atoms with van der Waals surface area (Å²) >= 11 is 1.55. The molecule has 164 valence electrons. The van der Waals surface area contributed by atoms with Crippen molar-refractivity contribution in [3.8, 4) is 0 Å². The molecule has 2 heterocycles. The molecule has 1 aromatic rings. The van der Waals surface area contributed by atoms with Crippen LogP contribution in [0.3, 0.4) is 0 Å². The van der Waals surface area contributed by atoms with Crippen molar-refractivity contribution in [2.24, 2.45) is 16.1 Å². The highest BCUT2D eigenvalue weighted by Gasteiger charge is 2.52. The number of carbonyl (C=O) groups is 1. The Hall–Kier alpha value is -1.72. The number of hydrogen-bond acceptors (Lipinski definition) is 6. The zero-order chi connectivity index (χ0) is 22.3. The first kappa shape index (κ1) is 23.0. The summed E-state index contributed by atoms with van der Waals surface area (Å²) in [5.74, 6) is 0.563. The van der Waals surface area contributed by atoms with Crippen LogP contribution in [0.4, 0.5) is 11.4 Å². The molecule has 0 spiro atoms. The number of aliphatic hydroxyl groups excluding tert-OH is 1. The normalized spacial score (nSPS) is 22.5. The van der Waals surface area contributed by atoms with Gasteiger partial charge in [-0.15, -0.1) is 4.76 Å². The SMILES string of the molecule is CSNc1ccc2c(c1)[PH2+]N=C(C1=C(O)C(C)(C(C)C)N(CCC(C)(C)C)C1=O)N2. The number of nitrogens with zero attached hydrogens (tertiary/aromatic N) is 2. The third-order valence-electron chi connectivity index (χ3n) is 6.04. The molecule has 0 fully saturated rings. The van der Waals surface area contributed by atoms with Crippen LogP contribution >= 0.6 is 20.7 Å². The van der Waals surface area contributed by atoms with Gasteiger partial charge in [0.15, 0.2) is 5.84 Å². The molecule has 0 saturated heterocycles. The van der Waals surface area contributed by atoms with Gasteiger partial charge in [0.05, 0.1) is 5.69 Å². The van der Waals surface area contributed by atoms with Gasteiger partial charge in [-0.1, -0.05) is 46.6 Å². The molecule has 30 heavy (non-hydrogen) atoms. The zero-order valence-electron chi connectivity index (χ0n) is 19.0. The van der Waals surface area contributed by atoms with Gasteiger partial charge in [0.1, 0.15) is 30.9 Å². The highest BCUT2D eigenvalue weighted by atomic mass is 32.2. The number of benzene rings is 1.